The highest BCUT2D eigenvalue weighted by molar-refractivity contribution is 7.80. The van der Waals surface area contributed by atoms with Gasteiger partial charge in [0.2, 0.25) is 0 Å². The van der Waals surface area contributed by atoms with Gasteiger partial charge in [-0.15, -0.1) is 0 Å². The summed E-state index contributed by atoms with van der Waals surface area (Å²) in [5, 5.41) is 6.83. The van der Waals surface area contributed by atoms with E-state index in [9.17, 15) is 0 Å². The van der Waals surface area contributed by atoms with Crippen LogP contribution in [0.5, 0.6) is 0 Å². The van der Waals surface area contributed by atoms with Gasteiger partial charge in [0.05, 0.1) is 5.52 Å². The molecule has 0 aliphatic carbocycles. The Morgan fingerprint density at radius 1 is 0.559 bits per heavy atom. The molecule has 0 saturated carbocycles. The summed E-state index contributed by atoms with van der Waals surface area (Å²) >= 11 is 0. The summed E-state index contributed by atoms with van der Waals surface area (Å²) in [5.41, 5.74) is 5.42. The van der Waals surface area contributed by atoms with Crippen molar-refractivity contribution in [2.45, 2.75) is 52.4 Å². The number of benzene rings is 4. The van der Waals surface area contributed by atoms with E-state index >= 15 is 0 Å². The van der Waals surface area contributed by atoms with E-state index in [1.54, 1.807) is 0 Å². The molecule has 0 spiro atoms. The number of aromatic nitrogens is 1. The molecule has 0 saturated heterocycles. The van der Waals surface area contributed by atoms with Crippen LogP contribution in [-0.2, 0) is 10.8 Å². The van der Waals surface area contributed by atoms with E-state index in [0.717, 1.165) is 0 Å². The average molecular weight is 464 g/mol. The molecule has 0 fully saturated rings. The van der Waals surface area contributed by atoms with Crippen LogP contribution in [0.3, 0.4) is 0 Å². The molecule has 0 unspecified atom stereocenters. The van der Waals surface area contributed by atoms with Gasteiger partial charge in [-0.2, -0.15) is 0 Å². The quantitative estimate of drug-likeness (QED) is 0.264. The Hall–Kier alpha value is -2.89. The summed E-state index contributed by atoms with van der Waals surface area (Å²) in [6.45, 7) is 13.8. The van der Waals surface area contributed by atoms with E-state index in [0.29, 0.717) is 0 Å². The molecule has 1 heterocycles. The zero-order chi connectivity index (χ0) is 24.1. The first-order valence-corrected chi connectivity index (χ1v) is 13.5. The summed E-state index contributed by atoms with van der Waals surface area (Å²) in [7, 11) is -0.707. The average Bonchev–Trinajstić information content (AvgIpc) is 3.18. The smallest absolute Gasteiger partial charge is 0.0549 e. The van der Waals surface area contributed by atoms with Gasteiger partial charge >= 0.3 is 0 Å². The maximum Gasteiger partial charge on any atom is 0.0549 e. The van der Waals surface area contributed by atoms with Crippen LogP contribution in [0.15, 0.2) is 91.0 Å². The van der Waals surface area contributed by atoms with Gasteiger partial charge in [0.15, 0.2) is 0 Å². The van der Waals surface area contributed by atoms with E-state index in [1.807, 2.05) is 0 Å². The van der Waals surface area contributed by atoms with Crippen LogP contribution in [0, 0.1) is 0 Å². The molecule has 0 bridgehead atoms. The third-order valence-electron chi connectivity index (χ3n) is 6.69. The zero-order valence-corrected chi connectivity index (χ0v) is 22.0. The Kier molecular flexibility index (Phi) is 5.65. The number of hydrogen-bond donors (Lipinski definition) is 1. The second-order valence-electron chi connectivity index (χ2n) is 11.3. The fourth-order valence-electron chi connectivity index (χ4n) is 4.64. The van der Waals surface area contributed by atoms with Gasteiger partial charge in [-0.25, -0.2) is 0 Å². The molecule has 0 atom stereocenters. The predicted molar refractivity (Wildman–Crippen MR) is 152 cm³/mol. The zero-order valence-electron chi connectivity index (χ0n) is 21.1. The Labute approximate surface area is 205 Å². The summed E-state index contributed by atoms with van der Waals surface area (Å²) in [6.07, 6.45) is 0. The van der Waals surface area contributed by atoms with Crippen molar-refractivity contribution in [2.75, 3.05) is 0 Å². The van der Waals surface area contributed by atoms with Gasteiger partial charge < -0.3 is 4.98 Å². The predicted octanol–water partition coefficient (Wildman–Crippen LogP) is 7.67. The Balaban J connectivity index is 1.88. The molecule has 2 heteroatoms. The minimum Gasteiger partial charge on any atom is -0.354 e. The molecule has 1 N–H and O–H groups in total. The van der Waals surface area contributed by atoms with Gasteiger partial charge in [0.1, 0.15) is 0 Å². The monoisotopic (exact) mass is 463 g/mol. The number of hydrogen-bond acceptors (Lipinski definition) is 0. The maximum atomic E-state index is 3.84. The minimum absolute atomic E-state index is 0.0581. The molecular formula is C32H34NP. The minimum atomic E-state index is -0.707. The third-order valence-corrected chi connectivity index (χ3v) is 9.15. The maximum absolute atomic E-state index is 3.84. The van der Waals surface area contributed by atoms with E-state index in [-0.39, 0.29) is 10.8 Å². The lowest BCUT2D eigenvalue weighted by Gasteiger charge is -2.25. The highest BCUT2D eigenvalue weighted by Crippen LogP contribution is 2.40. The van der Waals surface area contributed by atoms with Crippen molar-refractivity contribution >= 4 is 45.6 Å². The Morgan fingerprint density at radius 2 is 1.09 bits per heavy atom. The van der Waals surface area contributed by atoms with Gasteiger partial charge in [0, 0.05) is 21.6 Å². The molecular weight excluding hydrogens is 429 g/mol. The first kappa shape index (κ1) is 22.9. The van der Waals surface area contributed by atoms with Gasteiger partial charge in [-0.3, -0.25) is 0 Å². The van der Waals surface area contributed by atoms with Gasteiger partial charge in [-0.1, -0.05) is 108 Å². The molecule has 4 aromatic carbocycles. The lowest BCUT2D eigenvalue weighted by atomic mass is 9.85. The molecule has 172 valence electrons. The molecule has 0 radical (unpaired) electrons. The van der Waals surface area contributed by atoms with Crippen molar-refractivity contribution in [1.29, 1.82) is 0 Å². The Morgan fingerprint density at radius 3 is 1.62 bits per heavy atom. The van der Waals surface area contributed by atoms with Crippen molar-refractivity contribution in [3.63, 3.8) is 0 Å². The lowest BCUT2D eigenvalue weighted by molar-refractivity contribution is 0.590. The molecule has 0 amide bonds. The molecule has 1 aromatic heterocycles. The Bertz CT molecular complexity index is 1410. The second-order valence-corrected chi connectivity index (χ2v) is 13.5. The van der Waals surface area contributed by atoms with Crippen LogP contribution in [0.2, 0.25) is 0 Å². The fourth-order valence-corrected chi connectivity index (χ4v) is 7.10. The third kappa shape index (κ3) is 4.19. The second kappa shape index (κ2) is 8.40. The van der Waals surface area contributed by atoms with Gasteiger partial charge in [0.25, 0.3) is 0 Å². The fraction of sp³-hybridized carbons (Fsp3) is 0.250. The standard InChI is InChI=1S/C32H34NP/c1-31(2,3)22-17-18-28-26(19-22)27-20-23(32(4,5)6)21-29(30(27)33-28)34(24-13-9-7-10-14-24)25-15-11-8-12-16-25/h7-21,33H,1-6H3. The molecule has 1 nitrogen and oxygen atoms in total. The van der Waals surface area contributed by atoms with Crippen LogP contribution in [-0.4, -0.2) is 4.98 Å². The number of rotatable bonds is 3. The number of aromatic amines is 1. The number of fused-ring (bicyclic) bond motifs is 3. The summed E-state index contributed by atoms with van der Waals surface area (Å²) in [5.74, 6) is 0. The van der Waals surface area contributed by atoms with Crippen molar-refractivity contribution in [1.82, 2.24) is 4.98 Å². The van der Waals surface area contributed by atoms with E-state index in [4.69, 9.17) is 0 Å². The molecule has 0 aliphatic heterocycles. The van der Waals surface area contributed by atoms with Crippen molar-refractivity contribution in [3.05, 3.63) is 102 Å². The van der Waals surface area contributed by atoms with Crippen LogP contribution >= 0.6 is 7.92 Å². The van der Waals surface area contributed by atoms with Crippen LogP contribution in [0.25, 0.3) is 21.8 Å². The summed E-state index contributed by atoms with van der Waals surface area (Å²) in [4.78, 5) is 3.84. The molecule has 5 aromatic rings. The highest BCUT2D eigenvalue weighted by atomic mass is 31.1. The SMILES string of the molecule is CC(C)(C)c1ccc2[nH]c3c(P(c4ccccc4)c4ccccc4)cc(C(C)(C)C)cc3c2c1. The molecule has 5 rings (SSSR count). The first-order valence-electron chi connectivity index (χ1n) is 12.1. The summed E-state index contributed by atoms with van der Waals surface area (Å²) in [6, 6.07) is 33.9. The van der Waals surface area contributed by atoms with Crippen LogP contribution < -0.4 is 15.9 Å². The number of nitrogens with one attached hydrogen (secondary N) is 1. The highest BCUT2D eigenvalue weighted by Gasteiger charge is 2.25. The largest absolute Gasteiger partial charge is 0.354 e. The van der Waals surface area contributed by atoms with Crippen molar-refractivity contribution < 1.29 is 0 Å². The topological polar surface area (TPSA) is 15.8 Å². The van der Waals surface area contributed by atoms with Crippen LogP contribution in [0.1, 0.15) is 52.7 Å². The first-order chi connectivity index (χ1) is 16.1. The lowest BCUT2D eigenvalue weighted by Crippen LogP contribution is -2.23. The summed E-state index contributed by atoms with van der Waals surface area (Å²) < 4.78 is 0. The van der Waals surface area contributed by atoms with Gasteiger partial charge in [-0.05, 0) is 64.8 Å². The van der Waals surface area contributed by atoms with E-state index < -0.39 is 7.92 Å². The normalized spacial score (nSPS) is 12.7. The molecule has 0 aliphatic rings. The van der Waals surface area contributed by atoms with E-state index in [2.05, 4.69) is 138 Å². The molecule has 34 heavy (non-hydrogen) atoms. The van der Waals surface area contributed by atoms with E-state index in [1.165, 1.54) is 48.8 Å². The van der Waals surface area contributed by atoms with Crippen molar-refractivity contribution in [2.24, 2.45) is 0 Å². The van der Waals surface area contributed by atoms with Crippen LogP contribution in [0.4, 0.5) is 0 Å². The van der Waals surface area contributed by atoms with Crippen molar-refractivity contribution in [3.8, 4) is 0 Å². The number of H-pyrrole nitrogens is 1.